The van der Waals surface area contributed by atoms with Gasteiger partial charge in [-0.15, -0.1) is 0 Å². The third kappa shape index (κ3) is 3.50. The van der Waals surface area contributed by atoms with Crippen molar-refractivity contribution in [3.05, 3.63) is 57.5 Å². The van der Waals surface area contributed by atoms with Crippen molar-refractivity contribution in [2.75, 3.05) is 0 Å². The summed E-state index contributed by atoms with van der Waals surface area (Å²) in [5.41, 5.74) is 1.54. The van der Waals surface area contributed by atoms with E-state index < -0.39 is 5.97 Å². The Labute approximate surface area is 115 Å². The normalized spacial score (nSPS) is 10.4. The molecule has 6 nitrogen and oxygen atoms in total. The fraction of sp³-hybridized carbons (Fsp3) is 0.286. The van der Waals surface area contributed by atoms with Crippen molar-refractivity contribution in [1.29, 1.82) is 0 Å². The van der Waals surface area contributed by atoms with E-state index in [0.29, 0.717) is 23.5 Å². The summed E-state index contributed by atoms with van der Waals surface area (Å²) < 4.78 is 0. The molecule has 0 bridgehead atoms. The fourth-order valence-electron chi connectivity index (χ4n) is 1.95. The maximum Gasteiger partial charge on any atom is 0.303 e. The molecule has 0 aliphatic heterocycles. The van der Waals surface area contributed by atoms with Gasteiger partial charge in [0.1, 0.15) is 5.82 Å². The highest BCUT2D eigenvalue weighted by atomic mass is 16.4. The van der Waals surface area contributed by atoms with E-state index in [1.807, 2.05) is 18.2 Å². The maximum atomic E-state index is 12.0. The van der Waals surface area contributed by atoms with Crippen LogP contribution in [0.5, 0.6) is 0 Å². The molecular weight excluding hydrogens is 258 g/mol. The highest BCUT2D eigenvalue weighted by molar-refractivity contribution is 5.67. The van der Waals surface area contributed by atoms with Gasteiger partial charge in [0.2, 0.25) is 0 Å². The second-order valence-corrected chi connectivity index (χ2v) is 4.47. The number of hydrogen-bond donors (Lipinski definition) is 2. The van der Waals surface area contributed by atoms with E-state index in [4.69, 9.17) is 5.11 Å². The topological polar surface area (TPSA) is 95.9 Å². The van der Waals surface area contributed by atoms with Crippen LogP contribution in [0.4, 0.5) is 0 Å². The maximum absolute atomic E-state index is 12.0. The number of rotatable bonds is 5. The molecule has 0 unspecified atom stereocenters. The Morgan fingerprint density at radius 1 is 1.40 bits per heavy atom. The van der Waals surface area contributed by atoms with Gasteiger partial charge in [0.05, 0.1) is 0 Å². The lowest BCUT2D eigenvalue weighted by molar-refractivity contribution is -0.136. The third-order valence-electron chi connectivity index (χ3n) is 2.93. The van der Waals surface area contributed by atoms with E-state index in [-0.39, 0.29) is 18.4 Å². The van der Waals surface area contributed by atoms with Gasteiger partial charge < -0.3 is 10.1 Å². The van der Waals surface area contributed by atoms with Crippen LogP contribution in [0.3, 0.4) is 0 Å². The zero-order chi connectivity index (χ0) is 14.5. The van der Waals surface area contributed by atoms with E-state index in [2.05, 4.69) is 15.0 Å². The Bertz CT molecular complexity index is 665. The van der Waals surface area contributed by atoms with Gasteiger partial charge in [-0.05, 0) is 25.5 Å². The second-order valence-electron chi connectivity index (χ2n) is 4.47. The summed E-state index contributed by atoms with van der Waals surface area (Å²) in [4.78, 5) is 33.7. The first-order chi connectivity index (χ1) is 9.56. The molecule has 2 aromatic rings. The molecule has 2 aromatic heterocycles. The molecular formula is C14H15N3O3. The highest BCUT2D eigenvalue weighted by Gasteiger charge is 2.10. The minimum Gasteiger partial charge on any atom is -0.481 e. The van der Waals surface area contributed by atoms with Gasteiger partial charge in [-0.25, -0.2) is 4.98 Å². The number of aryl methyl sites for hydroxylation is 1. The van der Waals surface area contributed by atoms with Crippen LogP contribution in [-0.4, -0.2) is 26.0 Å². The Morgan fingerprint density at radius 3 is 2.80 bits per heavy atom. The average molecular weight is 273 g/mol. The lowest BCUT2D eigenvalue weighted by Crippen LogP contribution is -2.20. The van der Waals surface area contributed by atoms with Crippen LogP contribution in [0.15, 0.2) is 29.2 Å². The van der Waals surface area contributed by atoms with Crippen molar-refractivity contribution in [3.8, 4) is 0 Å². The second kappa shape index (κ2) is 6.10. The minimum absolute atomic E-state index is 0.0782. The van der Waals surface area contributed by atoms with E-state index in [1.165, 1.54) is 0 Å². The molecule has 0 radical (unpaired) electrons. The van der Waals surface area contributed by atoms with Crippen molar-refractivity contribution in [1.82, 2.24) is 15.0 Å². The Kier molecular flexibility index (Phi) is 4.24. The smallest absolute Gasteiger partial charge is 0.303 e. The van der Waals surface area contributed by atoms with Crippen molar-refractivity contribution in [2.45, 2.75) is 26.2 Å². The lowest BCUT2D eigenvalue weighted by atomic mass is 10.1. The monoisotopic (exact) mass is 273 g/mol. The van der Waals surface area contributed by atoms with Crippen molar-refractivity contribution in [2.24, 2.45) is 0 Å². The lowest BCUT2D eigenvalue weighted by Gasteiger charge is -2.06. The number of nitrogens with one attached hydrogen (secondary N) is 1. The van der Waals surface area contributed by atoms with Gasteiger partial charge in [-0.1, -0.05) is 6.07 Å². The quantitative estimate of drug-likeness (QED) is 0.849. The molecule has 0 fully saturated rings. The summed E-state index contributed by atoms with van der Waals surface area (Å²) in [5.74, 6) is -0.397. The number of aromatic amines is 1. The zero-order valence-corrected chi connectivity index (χ0v) is 11.1. The molecule has 2 heterocycles. The average Bonchev–Trinajstić information content (AvgIpc) is 2.38. The molecule has 6 heteroatoms. The molecule has 0 aromatic carbocycles. The van der Waals surface area contributed by atoms with Gasteiger partial charge >= 0.3 is 5.97 Å². The molecule has 0 aliphatic rings. The zero-order valence-electron chi connectivity index (χ0n) is 11.1. The SMILES string of the molecule is Cc1nc(Cc2ccccn2)[nH]c(=O)c1CCC(=O)O. The summed E-state index contributed by atoms with van der Waals surface area (Å²) in [6.45, 7) is 1.72. The predicted octanol–water partition coefficient (Wildman–Crippen LogP) is 1.08. The number of aliphatic carboxylic acids is 1. The first-order valence-corrected chi connectivity index (χ1v) is 6.26. The van der Waals surface area contributed by atoms with Crippen LogP contribution < -0.4 is 5.56 Å². The summed E-state index contributed by atoms with van der Waals surface area (Å²) in [5, 5.41) is 8.67. The summed E-state index contributed by atoms with van der Waals surface area (Å²) in [7, 11) is 0. The molecule has 0 saturated carbocycles. The molecule has 0 saturated heterocycles. The largest absolute Gasteiger partial charge is 0.481 e. The Balaban J connectivity index is 2.22. The number of H-pyrrole nitrogens is 1. The van der Waals surface area contributed by atoms with E-state index in [9.17, 15) is 9.59 Å². The number of carboxylic acid groups (broad SMARTS) is 1. The number of pyridine rings is 1. The highest BCUT2D eigenvalue weighted by Crippen LogP contribution is 2.06. The van der Waals surface area contributed by atoms with Crippen LogP contribution in [0, 0.1) is 6.92 Å². The Morgan fingerprint density at radius 2 is 2.20 bits per heavy atom. The number of carbonyl (C=O) groups is 1. The van der Waals surface area contributed by atoms with Gasteiger partial charge in [0.15, 0.2) is 0 Å². The summed E-state index contributed by atoms with van der Waals surface area (Å²) in [6, 6.07) is 5.54. The molecule has 0 spiro atoms. The molecule has 0 amide bonds. The van der Waals surface area contributed by atoms with Crippen molar-refractivity contribution < 1.29 is 9.90 Å². The Hall–Kier alpha value is -2.50. The molecule has 2 N–H and O–H groups in total. The van der Waals surface area contributed by atoms with E-state index in [1.54, 1.807) is 13.1 Å². The number of carboxylic acids is 1. The summed E-state index contributed by atoms with van der Waals surface area (Å²) >= 11 is 0. The standard InChI is InChI=1S/C14H15N3O3/c1-9-11(5-6-13(18)19)14(20)17-12(16-9)8-10-4-2-3-7-15-10/h2-4,7H,5-6,8H2,1H3,(H,18,19)(H,16,17,20). The fourth-order valence-corrected chi connectivity index (χ4v) is 1.95. The first kappa shape index (κ1) is 13.9. The van der Waals surface area contributed by atoms with Crippen LogP contribution in [0.25, 0.3) is 0 Å². The van der Waals surface area contributed by atoms with Crippen LogP contribution in [0.1, 0.15) is 29.2 Å². The molecule has 0 aliphatic carbocycles. The molecule has 104 valence electrons. The van der Waals surface area contributed by atoms with Crippen LogP contribution in [-0.2, 0) is 17.6 Å². The van der Waals surface area contributed by atoms with Crippen molar-refractivity contribution >= 4 is 5.97 Å². The number of nitrogens with zero attached hydrogens (tertiary/aromatic N) is 2. The predicted molar refractivity (Wildman–Crippen MR) is 72.6 cm³/mol. The number of aromatic nitrogens is 3. The number of hydrogen-bond acceptors (Lipinski definition) is 4. The van der Waals surface area contributed by atoms with Gasteiger partial charge in [-0.2, -0.15) is 0 Å². The van der Waals surface area contributed by atoms with Crippen LogP contribution >= 0.6 is 0 Å². The van der Waals surface area contributed by atoms with Crippen LogP contribution in [0.2, 0.25) is 0 Å². The van der Waals surface area contributed by atoms with Gasteiger partial charge in [0, 0.05) is 36.0 Å². The molecule has 0 atom stereocenters. The first-order valence-electron chi connectivity index (χ1n) is 6.26. The molecule has 2 rings (SSSR count). The van der Waals surface area contributed by atoms with Gasteiger partial charge in [-0.3, -0.25) is 14.6 Å². The minimum atomic E-state index is -0.929. The summed E-state index contributed by atoms with van der Waals surface area (Å²) in [6.07, 6.45) is 2.23. The van der Waals surface area contributed by atoms with E-state index >= 15 is 0 Å². The van der Waals surface area contributed by atoms with E-state index in [0.717, 1.165) is 5.69 Å². The third-order valence-corrected chi connectivity index (χ3v) is 2.93. The van der Waals surface area contributed by atoms with Crippen molar-refractivity contribution in [3.63, 3.8) is 0 Å². The van der Waals surface area contributed by atoms with Gasteiger partial charge in [0.25, 0.3) is 5.56 Å². The molecule has 20 heavy (non-hydrogen) atoms.